The second kappa shape index (κ2) is 5.03. The summed E-state index contributed by atoms with van der Waals surface area (Å²) >= 11 is 0. The maximum Gasteiger partial charge on any atom is 0.251 e. The predicted octanol–water partition coefficient (Wildman–Crippen LogP) is 0.920. The highest BCUT2D eigenvalue weighted by molar-refractivity contribution is 7.89. The number of rotatable bonds is 3. The molecule has 0 aromatic heterocycles. The molecule has 3 N–H and O–H groups in total. The van der Waals surface area contributed by atoms with E-state index >= 15 is 0 Å². The third kappa shape index (κ3) is 3.27. The molecule has 1 aromatic rings. The molecule has 0 heterocycles. The Morgan fingerprint density at radius 3 is 2.39 bits per heavy atom. The Labute approximate surface area is 105 Å². The predicted molar refractivity (Wildman–Crippen MR) is 65.1 cm³/mol. The molecule has 0 aliphatic heterocycles. The highest BCUT2D eigenvalue weighted by Crippen LogP contribution is 2.19. The number of carbonyl (C=O) groups excluding carboxylic acids is 1. The lowest BCUT2D eigenvalue weighted by Crippen LogP contribution is -2.30. The van der Waals surface area contributed by atoms with Gasteiger partial charge in [0.25, 0.3) is 5.91 Å². The van der Waals surface area contributed by atoms with Crippen LogP contribution in [0.2, 0.25) is 0 Å². The number of primary sulfonamides is 1. The van der Waals surface area contributed by atoms with Crippen LogP contribution in [-0.2, 0) is 10.0 Å². The van der Waals surface area contributed by atoms with E-state index < -0.39 is 21.7 Å². The maximum absolute atomic E-state index is 13.6. The van der Waals surface area contributed by atoms with E-state index in [1.807, 2.05) is 0 Å². The lowest BCUT2D eigenvalue weighted by Gasteiger charge is -2.11. The van der Waals surface area contributed by atoms with E-state index in [1.54, 1.807) is 13.8 Å². The lowest BCUT2D eigenvalue weighted by molar-refractivity contribution is 0.0942. The molecule has 100 valence electrons. The van der Waals surface area contributed by atoms with Crippen LogP contribution in [-0.4, -0.2) is 20.4 Å². The van der Waals surface area contributed by atoms with Crippen molar-refractivity contribution in [2.24, 2.45) is 5.14 Å². The largest absolute Gasteiger partial charge is 0.350 e. The number of amides is 1. The minimum atomic E-state index is -4.06. The molecule has 0 aliphatic carbocycles. The molecule has 0 radical (unpaired) electrons. The first kappa shape index (κ1) is 14.6. The summed E-state index contributed by atoms with van der Waals surface area (Å²) in [6.45, 7) is 4.77. The Morgan fingerprint density at radius 2 is 1.94 bits per heavy atom. The third-order valence-corrected chi connectivity index (χ3v) is 3.32. The summed E-state index contributed by atoms with van der Waals surface area (Å²) in [5.74, 6) is -1.33. The van der Waals surface area contributed by atoms with E-state index in [4.69, 9.17) is 5.14 Å². The topological polar surface area (TPSA) is 89.3 Å². The normalized spacial score (nSPS) is 11.7. The molecule has 0 bridgehead atoms. The smallest absolute Gasteiger partial charge is 0.251 e. The monoisotopic (exact) mass is 274 g/mol. The van der Waals surface area contributed by atoms with Gasteiger partial charge in [-0.25, -0.2) is 17.9 Å². The van der Waals surface area contributed by atoms with Gasteiger partial charge in [0.2, 0.25) is 10.0 Å². The summed E-state index contributed by atoms with van der Waals surface area (Å²) in [6.07, 6.45) is 0. The van der Waals surface area contributed by atoms with Gasteiger partial charge in [-0.15, -0.1) is 0 Å². The molecule has 0 saturated carbocycles. The van der Waals surface area contributed by atoms with Crippen molar-refractivity contribution in [3.63, 3.8) is 0 Å². The molecular weight excluding hydrogens is 259 g/mol. The van der Waals surface area contributed by atoms with Crippen LogP contribution in [0.15, 0.2) is 17.0 Å². The van der Waals surface area contributed by atoms with E-state index in [9.17, 15) is 17.6 Å². The van der Waals surface area contributed by atoms with E-state index in [0.29, 0.717) is 0 Å². The number of carbonyl (C=O) groups is 1. The first-order valence-electron chi connectivity index (χ1n) is 5.26. The Kier molecular flexibility index (Phi) is 4.08. The quantitative estimate of drug-likeness (QED) is 0.859. The summed E-state index contributed by atoms with van der Waals surface area (Å²) < 4.78 is 36.1. The van der Waals surface area contributed by atoms with Crippen LogP contribution in [0.1, 0.15) is 29.8 Å². The van der Waals surface area contributed by atoms with Crippen molar-refractivity contribution in [1.82, 2.24) is 5.32 Å². The summed E-state index contributed by atoms with van der Waals surface area (Å²) in [7, 11) is -4.06. The number of hydrogen-bond acceptors (Lipinski definition) is 3. The molecule has 1 rings (SSSR count). The van der Waals surface area contributed by atoms with Crippen LogP contribution >= 0.6 is 0 Å². The molecule has 0 fully saturated rings. The van der Waals surface area contributed by atoms with Gasteiger partial charge in [0.1, 0.15) is 5.82 Å². The fourth-order valence-corrected chi connectivity index (χ4v) is 2.24. The highest BCUT2D eigenvalue weighted by atomic mass is 32.2. The van der Waals surface area contributed by atoms with Gasteiger partial charge in [0.05, 0.1) is 4.90 Å². The second-order valence-corrected chi connectivity index (χ2v) is 5.78. The van der Waals surface area contributed by atoms with E-state index in [0.717, 1.165) is 12.1 Å². The zero-order valence-corrected chi connectivity index (χ0v) is 11.1. The lowest BCUT2D eigenvalue weighted by atomic mass is 10.1. The first-order valence-corrected chi connectivity index (χ1v) is 6.81. The van der Waals surface area contributed by atoms with Crippen LogP contribution in [0.3, 0.4) is 0 Å². The van der Waals surface area contributed by atoms with Crippen molar-refractivity contribution in [3.8, 4) is 0 Å². The summed E-state index contributed by atoms with van der Waals surface area (Å²) in [6, 6.07) is 1.92. The molecule has 0 unspecified atom stereocenters. The van der Waals surface area contributed by atoms with Gasteiger partial charge in [-0.2, -0.15) is 0 Å². The Morgan fingerprint density at radius 1 is 1.39 bits per heavy atom. The molecule has 0 saturated heterocycles. The summed E-state index contributed by atoms with van der Waals surface area (Å²) in [4.78, 5) is 11.3. The van der Waals surface area contributed by atoms with Crippen LogP contribution < -0.4 is 10.5 Å². The SMILES string of the molecule is Cc1c(F)cc(C(=O)NC(C)C)cc1S(N)(=O)=O. The van der Waals surface area contributed by atoms with E-state index in [1.165, 1.54) is 6.92 Å². The summed E-state index contributed by atoms with van der Waals surface area (Å²) in [5, 5.41) is 7.51. The van der Waals surface area contributed by atoms with Crippen LogP contribution in [0.4, 0.5) is 4.39 Å². The number of benzene rings is 1. The van der Waals surface area contributed by atoms with Gasteiger partial charge in [0.15, 0.2) is 0 Å². The first-order chi connectivity index (χ1) is 8.12. The molecule has 1 aromatic carbocycles. The van der Waals surface area contributed by atoms with Gasteiger partial charge in [-0.05, 0) is 32.9 Å². The zero-order valence-electron chi connectivity index (χ0n) is 10.3. The van der Waals surface area contributed by atoms with Crippen molar-refractivity contribution in [3.05, 3.63) is 29.1 Å². The van der Waals surface area contributed by atoms with Gasteiger partial charge < -0.3 is 5.32 Å². The van der Waals surface area contributed by atoms with Crippen molar-refractivity contribution in [2.45, 2.75) is 31.7 Å². The van der Waals surface area contributed by atoms with Crippen molar-refractivity contribution >= 4 is 15.9 Å². The Hall–Kier alpha value is -1.47. The Bertz CT molecular complexity index is 582. The molecular formula is C11H15FN2O3S. The van der Waals surface area contributed by atoms with E-state index in [-0.39, 0.29) is 22.1 Å². The van der Waals surface area contributed by atoms with Gasteiger partial charge in [-0.1, -0.05) is 0 Å². The second-order valence-electron chi connectivity index (χ2n) is 4.25. The average molecular weight is 274 g/mol. The molecule has 0 aliphatic rings. The number of sulfonamides is 1. The number of nitrogens with two attached hydrogens (primary N) is 1. The maximum atomic E-state index is 13.6. The summed E-state index contributed by atoms with van der Waals surface area (Å²) in [5.41, 5.74) is -0.172. The van der Waals surface area contributed by atoms with Crippen LogP contribution in [0, 0.1) is 12.7 Å². The molecule has 0 spiro atoms. The average Bonchev–Trinajstić information content (AvgIpc) is 2.18. The fourth-order valence-electron chi connectivity index (χ4n) is 1.43. The van der Waals surface area contributed by atoms with Crippen molar-refractivity contribution in [1.29, 1.82) is 0 Å². The number of nitrogens with one attached hydrogen (secondary N) is 1. The highest BCUT2D eigenvalue weighted by Gasteiger charge is 2.19. The minimum Gasteiger partial charge on any atom is -0.350 e. The van der Waals surface area contributed by atoms with Crippen molar-refractivity contribution in [2.75, 3.05) is 0 Å². The number of halogens is 1. The molecule has 7 heteroatoms. The van der Waals surface area contributed by atoms with Gasteiger partial charge in [-0.3, -0.25) is 4.79 Å². The number of hydrogen-bond donors (Lipinski definition) is 2. The van der Waals surface area contributed by atoms with Gasteiger partial charge in [0, 0.05) is 17.2 Å². The standard InChI is InChI=1S/C11H15FN2O3S/c1-6(2)14-11(15)8-4-9(12)7(3)10(5-8)18(13,16)17/h4-6H,1-3H3,(H,14,15)(H2,13,16,17). The van der Waals surface area contributed by atoms with Gasteiger partial charge >= 0.3 is 0 Å². The Balaban J connectivity index is 3.34. The third-order valence-electron chi connectivity index (χ3n) is 2.29. The van der Waals surface area contributed by atoms with Crippen LogP contribution in [0.25, 0.3) is 0 Å². The molecule has 0 atom stereocenters. The van der Waals surface area contributed by atoms with Crippen molar-refractivity contribution < 1.29 is 17.6 Å². The molecule has 1 amide bonds. The zero-order chi connectivity index (χ0) is 14.1. The fraction of sp³-hybridized carbons (Fsp3) is 0.364. The molecule has 18 heavy (non-hydrogen) atoms. The van der Waals surface area contributed by atoms with Crippen LogP contribution in [0.5, 0.6) is 0 Å². The minimum absolute atomic E-state index is 0.0733. The molecule has 5 nitrogen and oxygen atoms in total. The van der Waals surface area contributed by atoms with E-state index in [2.05, 4.69) is 5.32 Å².